The summed E-state index contributed by atoms with van der Waals surface area (Å²) in [5.74, 6) is 1.37. The number of benzene rings is 1. The van der Waals surface area contributed by atoms with E-state index in [9.17, 15) is 0 Å². The van der Waals surface area contributed by atoms with Crippen molar-refractivity contribution in [3.05, 3.63) is 34.2 Å². The molecule has 0 bridgehead atoms. The molecule has 0 atom stereocenters. The second-order valence-corrected chi connectivity index (χ2v) is 5.16. The molecule has 0 amide bonds. The Balaban J connectivity index is 2.29. The minimum absolute atomic E-state index is 0.475. The van der Waals surface area contributed by atoms with Gasteiger partial charge < -0.3 is 4.74 Å². The van der Waals surface area contributed by atoms with Crippen LogP contribution in [0, 0.1) is 6.92 Å². The van der Waals surface area contributed by atoms with Crippen LogP contribution >= 0.6 is 22.9 Å². The minimum Gasteiger partial charge on any atom is -0.494 e. The quantitative estimate of drug-likeness (QED) is 0.773. The van der Waals surface area contributed by atoms with Crippen LogP contribution in [0.1, 0.15) is 16.8 Å². The van der Waals surface area contributed by atoms with Crippen molar-refractivity contribution in [3.8, 4) is 17.0 Å². The number of ether oxygens (including phenoxy) is 1. The predicted octanol–water partition coefficient (Wildman–Crippen LogP) is 4.26. The maximum atomic E-state index is 5.79. The fourth-order valence-corrected chi connectivity index (χ4v) is 2.68. The maximum Gasteiger partial charge on any atom is 0.119 e. The Morgan fingerprint density at radius 1 is 1.29 bits per heavy atom. The summed E-state index contributed by atoms with van der Waals surface area (Å²) in [6, 6.07) is 8.01. The number of halogens is 1. The van der Waals surface area contributed by atoms with Crippen LogP contribution < -0.4 is 4.74 Å². The first-order chi connectivity index (χ1) is 8.24. The summed E-state index contributed by atoms with van der Waals surface area (Å²) in [5, 5.41) is 0.966. The van der Waals surface area contributed by atoms with Crippen molar-refractivity contribution in [2.24, 2.45) is 0 Å². The van der Waals surface area contributed by atoms with E-state index in [0.29, 0.717) is 12.5 Å². The van der Waals surface area contributed by atoms with Gasteiger partial charge in [-0.1, -0.05) is 0 Å². The number of hydrogen-bond acceptors (Lipinski definition) is 3. The van der Waals surface area contributed by atoms with E-state index < -0.39 is 0 Å². The van der Waals surface area contributed by atoms with Crippen LogP contribution in [0.2, 0.25) is 0 Å². The van der Waals surface area contributed by atoms with Gasteiger partial charge in [-0.25, -0.2) is 4.98 Å². The molecule has 0 aliphatic rings. The standard InChI is InChI=1S/C13H14ClNOS/c1-3-16-11-6-4-10(5-7-11)13-9(2)17-12(8-14)15-13/h4-7H,3,8H2,1-2H3. The number of alkyl halides is 1. The first-order valence-corrected chi connectivity index (χ1v) is 6.85. The molecule has 0 aliphatic carbocycles. The zero-order chi connectivity index (χ0) is 12.3. The second-order valence-electron chi connectivity index (χ2n) is 3.60. The molecule has 4 heteroatoms. The first-order valence-electron chi connectivity index (χ1n) is 5.50. The van der Waals surface area contributed by atoms with Crippen molar-refractivity contribution in [1.82, 2.24) is 4.98 Å². The average molecular weight is 268 g/mol. The molecule has 0 radical (unpaired) electrons. The fraction of sp³-hybridized carbons (Fsp3) is 0.308. The molecule has 1 aromatic carbocycles. The van der Waals surface area contributed by atoms with Crippen molar-refractivity contribution in [2.45, 2.75) is 19.7 Å². The van der Waals surface area contributed by atoms with Gasteiger partial charge >= 0.3 is 0 Å². The van der Waals surface area contributed by atoms with Crippen molar-refractivity contribution >= 4 is 22.9 Å². The molecule has 90 valence electrons. The van der Waals surface area contributed by atoms with Gasteiger partial charge in [0.1, 0.15) is 10.8 Å². The summed E-state index contributed by atoms with van der Waals surface area (Å²) in [6.45, 7) is 4.73. The average Bonchev–Trinajstić information content (AvgIpc) is 2.72. The topological polar surface area (TPSA) is 22.1 Å². The molecule has 2 aromatic rings. The largest absolute Gasteiger partial charge is 0.494 e. The highest BCUT2D eigenvalue weighted by molar-refractivity contribution is 7.12. The van der Waals surface area contributed by atoms with Gasteiger partial charge in [-0.15, -0.1) is 22.9 Å². The minimum atomic E-state index is 0.475. The van der Waals surface area contributed by atoms with Crippen LogP contribution in [0.25, 0.3) is 11.3 Å². The van der Waals surface area contributed by atoms with Gasteiger partial charge in [-0.2, -0.15) is 0 Å². The Hall–Kier alpha value is -1.06. The van der Waals surface area contributed by atoms with E-state index in [4.69, 9.17) is 16.3 Å². The summed E-state index contributed by atoms with van der Waals surface area (Å²) in [4.78, 5) is 5.72. The lowest BCUT2D eigenvalue weighted by molar-refractivity contribution is 0.340. The monoisotopic (exact) mass is 267 g/mol. The Kier molecular flexibility index (Phi) is 4.02. The lowest BCUT2D eigenvalue weighted by atomic mass is 10.1. The van der Waals surface area contributed by atoms with Crippen LogP contribution in [0.5, 0.6) is 5.75 Å². The summed E-state index contributed by atoms with van der Waals surface area (Å²) in [5.41, 5.74) is 2.13. The number of nitrogens with zero attached hydrogens (tertiary/aromatic N) is 1. The molecule has 0 unspecified atom stereocenters. The summed E-state index contributed by atoms with van der Waals surface area (Å²) in [6.07, 6.45) is 0. The zero-order valence-electron chi connectivity index (χ0n) is 9.87. The first kappa shape index (κ1) is 12.4. The van der Waals surface area contributed by atoms with Gasteiger partial charge in [0.25, 0.3) is 0 Å². The molecule has 0 saturated carbocycles. The molecule has 0 N–H and O–H groups in total. The van der Waals surface area contributed by atoms with Gasteiger partial charge in [0, 0.05) is 10.4 Å². The van der Waals surface area contributed by atoms with E-state index in [1.807, 2.05) is 31.2 Å². The molecule has 2 nitrogen and oxygen atoms in total. The molecule has 0 spiro atoms. The van der Waals surface area contributed by atoms with E-state index in [1.54, 1.807) is 11.3 Å². The normalized spacial score (nSPS) is 10.5. The number of aryl methyl sites for hydroxylation is 1. The van der Waals surface area contributed by atoms with Crippen LogP contribution in [0.3, 0.4) is 0 Å². The Labute approximate surface area is 110 Å². The van der Waals surface area contributed by atoms with Gasteiger partial charge in [0.2, 0.25) is 0 Å². The third kappa shape index (κ3) is 2.79. The summed E-state index contributed by atoms with van der Waals surface area (Å²) >= 11 is 7.44. The zero-order valence-corrected chi connectivity index (χ0v) is 11.4. The third-order valence-corrected chi connectivity index (χ3v) is 3.78. The van der Waals surface area contributed by atoms with Crippen molar-refractivity contribution in [3.63, 3.8) is 0 Å². The van der Waals surface area contributed by atoms with Crippen molar-refractivity contribution < 1.29 is 4.74 Å². The Morgan fingerprint density at radius 2 is 2.00 bits per heavy atom. The Bertz CT molecular complexity index is 493. The highest BCUT2D eigenvalue weighted by Gasteiger charge is 2.09. The number of rotatable bonds is 4. The van der Waals surface area contributed by atoms with Crippen LogP contribution in [-0.4, -0.2) is 11.6 Å². The fourth-order valence-electron chi connectivity index (χ4n) is 1.65. The van der Waals surface area contributed by atoms with E-state index in [2.05, 4.69) is 11.9 Å². The lowest BCUT2D eigenvalue weighted by Gasteiger charge is -2.03. The molecular weight excluding hydrogens is 254 g/mol. The number of hydrogen-bond donors (Lipinski definition) is 0. The van der Waals surface area contributed by atoms with Gasteiger partial charge in [0.15, 0.2) is 0 Å². The highest BCUT2D eigenvalue weighted by atomic mass is 35.5. The molecule has 17 heavy (non-hydrogen) atoms. The molecule has 1 heterocycles. The smallest absolute Gasteiger partial charge is 0.119 e. The molecule has 0 aliphatic heterocycles. The molecular formula is C13H14ClNOS. The highest BCUT2D eigenvalue weighted by Crippen LogP contribution is 2.29. The molecule has 0 saturated heterocycles. The Morgan fingerprint density at radius 3 is 2.53 bits per heavy atom. The second kappa shape index (κ2) is 5.52. The van der Waals surface area contributed by atoms with E-state index in [0.717, 1.165) is 22.0 Å². The van der Waals surface area contributed by atoms with Crippen LogP contribution in [-0.2, 0) is 5.88 Å². The third-order valence-electron chi connectivity index (χ3n) is 2.39. The van der Waals surface area contributed by atoms with Crippen LogP contribution in [0.15, 0.2) is 24.3 Å². The van der Waals surface area contributed by atoms with Gasteiger partial charge in [-0.05, 0) is 38.1 Å². The van der Waals surface area contributed by atoms with E-state index in [-0.39, 0.29) is 0 Å². The van der Waals surface area contributed by atoms with E-state index >= 15 is 0 Å². The predicted molar refractivity (Wildman–Crippen MR) is 73.0 cm³/mol. The molecule has 1 aromatic heterocycles. The molecule has 0 fully saturated rings. The SMILES string of the molecule is CCOc1ccc(-c2nc(CCl)sc2C)cc1. The summed E-state index contributed by atoms with van der Waals surface area (Å²) < 4.78 is 5.41. The van der Waals surface area contributed by atoms with E-state index in [1.165, 1.54) is 4.88 Å². The lowest BCUT2D eigenvalue weighted by Crippen LogP contribution is -1.90. The maximum absolute atomic E-state index is 5.79. The number of thiazole rings is 1. The summed E-state index contributed by atoms with van der Waals surface area (Å²) in [7, 11) is 0. The van der Waals surface area contributed by atoms with Gasteiger partial charge in [-0.3, -0.25) is 0 Å². The number of aromatic nitrogens is 1. The van der Waals surface area contributed by atoms with Crippen LogP contribution in [0.4, 0.5) is 0 Å². The van der Waals surface area contributed by atoms with Gasteiger partial charge in [0.05, 0.1) is 18.2 Å². The van der Waals surface area contributed by atoms with Crippen molar-refractivity contribution in [2.75, 3.05) is 6.61 Å². The molecule has 2 rings (SSSR count). The van der Waals surface area contributed by atoms with Crippen molar-refractivity contribution in [1.29, 1.82) is 0 Å².